The second-order valence-corrected chi connectivity index (χ2v) is 5.76. The topological polar surface area (TPSA) is 46.5 Å². The van der Waals surface area contributed by atoms with E-state index in [1.54, 1.807) is 23.9 Å². The van der Waals surface area contributed by atoms with E-state index in [9.17, 15) is 9.90 Å². The van der Waals surface area contributed by atoms with Crippen LogP contribution in [0.25, 0.3) is 0 Å². The number of aliphatic hydroxyl groups is 1. The molecule has 0 amide bonds. The van der Waals surface area contributed by atoms with E-state index in [1.807, 2.05) is 30.3 Å². The number of fused-ring (bicyclic) bond motifs is 2. The van der Waals surface area contributed by atoms with E-state index in [-0.39, 0.29) is 5.97 Å². The van der Waals surface area contributed by atoms with Gasteiger partial charge in [0.05, 0.1) is 18.8 Å². The molecule has 4 heteroatoms. The number of rotatable bonds is 1. The van der Waals surface area contributed by atoms with Gasteiger partial charge in [-0.15, -0.1) is 0 Å². The minimum absolute atomic E-state index is 0.361. The van der Waals surface area contributed by atoms with Crippen molar-refractivity contribution >= 4 is 17.7 Å². The Morgan fingerprint density at radius 1 is 1.25 bits per heavy atom. The highest BCUT2D eigenvalue weighted by Gasteiger charge is 2.22. The van der Waals surface area contributed by atoms with Crippen LogP contribution >= 0.6 is 11.8 Å². The van der Waals surface area contributed by atoms with Crippen LogP contribution in [0.2, 0.25) is 0 Å². The number of esters is 1. The van der Waals surface area contributed by atoms with E-state index in [4.69, 9.17) is 4.74 Å². The van der Waals surface area contributed by atoms with Gasteiger partial charge in [-0.3, -0.25) is 0 Å². The second-order valence-electron chi connectivity index (χ2n) is 4.67. The zero-order chi connectivity index (χ0) is 14.1. The smallest absolute Gasteiger partial charge is 0.337 e. The molecule has 0 bridgehead atoms. The molecule has 102 valence electrons. The molecule has 1 unspecified atom stereocenters. The van der Waals surface area contributed by atoms with Gasteiger partial charge in [-0.05, 0) is 29.3 Å². The number of hydrogen-bond donors (Lipinski definition) is 1. The standard InChI is InChI=1S/C16H14O3S/c1-19-16(18)11-6-7-12-13(17)8-10-4-2-3-5-14(10)20-15(12)9-11/h2-7,9,13,17H,8H2,1H3. The average molecular weight is 286 g/mol. The first-order valence-corrected chi connectivity index (χ1v) is 7.17. The van der Waals surface area contributed by atoms with Gasteiger partial charge in [0.25, 0.3) is 0 Å². The van der Waals surface area contributed by atoms with Crippen LogP contribution in [0.3, 0.4) is 0 Å². The zero-order valence-corrected chi connectivity index (χ0v) is 11.8. The molecule has 1 N–H and O–H groups in total. The van der Waals surface area contributed by atoms with Gasteiger partial charge in [-0.25, -0.2) is 4.79 Å². The maximum Gasteiger partial charge on any atom is 0.337 e. The molecule has 0 spiro atoms. The van der Waals surface area contributed by atoms with Crippen LogP contribution in [0.15, 0.2) is 52.3 Å². The number of methoxy groups -OCH3 is 1. The summed E-state index contributed by atoms with van der Waals surface area (Å²) in [4.78, 5) is 13.6. The largest absolute Gasteiger partial charge is 0.465 e. The predicted octanol–water partition coefficient (Wildman–Crippen LogP) is 3.21. The van der Waals surface area contributed by atoms with Crippen LogP contribution in [-0.4, -0.2) is 18.2 Å². The highest BCUT2D eigenvalue weighted by atomic mass is 32.2. The molecule has 20 heavy (non-hydrogen) atoms. The highest BCUT2D eigenvalue weighted by molar-refractivity contribution is 7.99. The molecular formula is C16H14O3S. The lowest BCUT2D eigenvalue weighted by Crippen LogP contribution is -2.05. The fraction of sp³-hybridized carbons (Fsp3) is 0.188. The molecule has 0 saturated carbocycles. The maximum absolute atomic E-state index is 11.6. The summed E-state index contributed by atoms with van der Waals surface area (Å²) in [5.41, 5.74) is 2.49. The molecule has 2 aromatic rings. The number of ether oxygens (including phenoxy) is 1. The molecule has 0 aliphatic carbocycles. The summed E-state index contributed by atoms with van der Waals surface area (Å²) in [6.45, 7) is 0. The molecular weight excluding hydrogens is 272 g/mol. The quantitative estimate of drug-likeness (QED) is 0.818. The second kappa shape index (κ2) is 5.31. The Kier molecular flexibility index (Phi) is 3.51. The summed E-state index contributed by atoms with van der Waals surface area (Å²) >= 11 is 1.58. The van der Waals surface area contributed by atoms with Gasteiger partial charge < -0.3 is 9.84 Å². The van der Waals surface area contributed by atoms with Gasteiger partial charge in [-0.1, -0.05) is 36.0 Å². The Morgan fingerprint density at radius 2 is 2.05 bits per heavy atom. The van der Waals surface area contributed by atoms with Crippen LogP contribution in [0.4, 0.5) is 0 Å². The van der Waals surface area contributed by atoms with E-state index in [0.717, 1.165) is 20.9 Å². The summed E-state index contributed by atoms with van der Waals surface area (Å²) in [7, 11) is 1.37. The van der Waals surface area contributed by atoms with Crippen LogP contribution < -0.4 is 0 Å². The fourth-order valence-corrected chi connectivity index (χ4v) is 3.53. The van der Waals surface area contributed by atoms with Gasteiger partial charge in [0.2, 0.25) is 0 Å². The molecule has 0 fully saturated rings. The van der Waals surface area contributed by atoms with Crippen LogP contribution in [-0.2, 0) is 11.2 Å². The van der Waals surface area contributed by atoms with Gasteiger partial charge in [0, 0.05) is 16.2 Å². The third kappa shape index (κ3) is 2.32. The number of carbonyl (C=O) groups excluding carboxylic acids is 1. The third-order valence-corrected chi connectivity index (χ3v) is 4.59. The number of aliphatic hydroxyl groups excluding tert-OH is 1. The lowest BCUT2D eigenvalue weighted by Gasteiger charge is -2.11. The van der Waals surface area contributed by atoms with Crippen molar-refractivity contribution in [2.24, 2.45) is 0 Å². The van der Waals surface area contributed by atoms with Gasteiger partial charge >= 0.3 is 5.97 Å². The Morgan fingerprint density at radius 3 is 2.85 bits per heavy atom. The van der Waals surface area contributed by atoms with Crippen molar-refractivity contribution in [2.75, 3.05) is 7.11 Å². The molecule has 3 rings (SSSR count). The van der Waals surface area contributed by atoms with E-state index >= 15 is 0 Å². The number of benzene rings is 2. The van der Waals surface area contributed by atoms with E-state index < -0.39 is 6.10 Å². The minimum Gasteiger partial charge on any atom is -0.465 e. The SMILES string of the molecule is COC(=O)c1ccc2c(c1)Sc1ccccc1CC2O. The Labute approximate surface area is 121 Å². The zero-order valence-electron chi connectivity index (χ0n) is 11.0. The van der Waals surface area contributed by atoms with Crippen molar-refractivity contribution in [2.45, 2.75) is 22.3 Å². The maximum atomic E-state index is 11.6. The first-order valence-electron chi connectivity index (χ1n) is 6.35. The Balaban J connectivity index is 2.08. The summed E-state index contributed by atoms with van der Waals surface area (Å²) in [5, 5.41) is 10.3. The average Bonchev–Trinajstić information content (AvgIpc) is 2.61. The molecule has 1 atom stereocenters. The van der Waals surface area contributed by atoms with Crippen LogP contribution in [0.5, 0.6) is 0 Å². The normalized spacial score (nSPS) is 16.8. The van der Waals surface area contributed by atoms with Crippen molar-refractivity contribution < 1.29 is 14.6 Å². The minimum atomic E-state index is -0.548. The summed E-state index contributed by atoms with van der Waals surface area (Å²) in [6, 6.07) is 13.3. The molecule has 0 aromatic heterocycles. The van der Waals surface area contributed by atoms with Crippen molar-refractivity contribution in [3.8, 4) is 0 Å². The molecule has 3 nitrogen and oxygen atoms in total. The molecule has 0 radical (unpaired) electrons. The van der Waals surface area contributed by atoms with E-state index in [2.05, 4.69) is 0 Å². The fourth-order valence-electron chi connectivity index (χ4n) is 2.35. The van der Waals surface area contributed by atoms with Crippen molar-refractivity contribution in [3.05, 3.63) is 59.2 Å². The number of carbonyl (C=O) groups is 1. The number of hydrogen-bond acceptors (Lipinski definition) is 4. The third-order valence-electron chi connectivity index (χ3n) is 3.40. The Bertz CT molecular complexity index is 667. The first kappa shape index (κ1) is 13.2. The van der Waals surface area contributed by atoms with Crippen molar-refractivity contribution in [1.29, 1.82) is 0 Å². The molecule has 1 heterocycles. The summed E-state index contributed by atoms with van der Waals surface area (Å²) < 4.78 is 4.74. The van der Waals surface area contributed by atoms with Crippen molar-refractivity contribution in [1.82, 2.24) is 0 Å². The molecule has 1 aliphatic rings. The van der Waals surface area contributed by atoms with Gasteiger partial charge in [0.1, 0.15) is 0 Å². The summed E-state index contributed by atoms with van der Waals surface area (Å²) in [5.74, 6) is -0.361. The monoisotopic (exact) mass is 286 g/mol. The highest BCUT2D eigenvalue weighted by Crippen LogP contribution is 2.41. The lowest BCUT2D eigenvalue weighted by atomic mass is 10.0. The lowest BCUT2D eigenvalue weighted by molar-refractivity contribution is 0.0600. The first-order chi connectivity index (χ1) is 9.69. The van der Waals surface area contributed by atoms with Gasteiger partial charge in [-0.2, -0.15) is 0 Å². The van der Waals surface area contributed by atoms with Crippen molar-refractivity contribution in [3.63, 3.8) is 0 Å². The Hall–Kier alpha value is -1.78. The molecule has 2 aromatic carbocycles. The molecule has 0 saturated heterocycles. The van der Waals surface area contributed by atoms with Crippen LogP contribution in [0.1, 0.15) is 27.6 Å². The predicted molar refractivity (Wildman–Crippen MR) is 77.0 cm³/mol. The van der Waals surface area contributed by atoms with E-state index in [0.29, 0.717) is 12.0 Å². The van der Waals surface area contributed by atoms with Gasteiger partial charge in [0.15, 0.2) is 0 Å². The summed E-state index contributed by atoms with van der Waals surface area (Å²) in [6.07, 6.45) is 0.0427. The van der Waals surface area contributed by atoms with E-state index in [1.165, 1.54) is 7.11 Å². The van der Waals surface area contributed by atoms with Crippen LogP contribution in [0, 0.1) is 0 Å². The molecule has 1 aliphatic heterocycles.